The van der Waals surface area contributed by atoms with Crippen LogP contribution in [0.15, 0.2) is 23.1 Å². The predicted molar refractivity (Wildman–Crippen MR) is 77.4 cm³/mol. The molecule has 0 saturated carbocycles. The van der Waals surface area contributed by atoms with Crippen LogP contribution in [0.25, 0.3) is 0 Å². The number of hydrogen-bond acceptors (Lipinski definition) is 3. The molecule has 10 heteroatoms. The van der Waals surface area contributed by atoms with Gasteiger partial charge in [-0.05, 0) is 38.2 Å². The zero-order chi connectivity index (χ0) is 15.4. The molecule has 1 aromatic rings. The fourth-order valence-corrected chi connectivity index (χ4v) is 3.06. The van der Waals surface area contributed by atoms with Gasteiger partial charge in [-0.2, -0.15) is 13.2 Å². The summed E-state index contributed by atoms with van der Waals surface area (Å²) >= 11 is 5.63. The van der Waals surface area contributed by atoms with E-state index in [-0.39, 0.29) is 23.8 Å². The molecule has 0 bridgehead atoms. The van der Waals surface area contributed by atoms with Gasteiger partial charge in [-0.25, -0.2) is 13.1 Å². The summed E-state index contributed by atoms with van der Waals surface area (Å²) < 4.78 is 63.4. The molecule has 4 nitrogen and oxygen atoms in total. The Hall–Kier alpha value is -0.540. The third-order valence-electron chi connectivity index (χ3n) is 2.44. The van der Waals surface area contributed by atoms with Gasteiger partial charge >= 0.3 is 6.18 Å². The van der Waals surface area contributed by atoms with E-state index in [0.29, 0.717) is 25.1 Å². The Bertz CT molecular complexity index is 565. The van der Waals surface area contributed by atoms with E-state index >= 15 is 0 Å². The summed E-state index contributed by atoms with van der Waals surface area (Å²) in [7, 11) is -2.19. The minimum Gasteiger partial charge on any atom is -0.320 e. The van der Waals surface area contributed by atoms with Crippen molar-refractivity contribution in [3.63, 3.8) is 0 Å². The summed E-state index contributed by atoms with van der Waals surface area (Å²) in [6, 6.07) is 2.14. The van der Waals surface area contributed by atoms with E-state index in [0.717, 1.165) is 6.07 Å². The molecule has 0 unspecified atom stereocenters. The maximum Gasteiger partial charge on any atom is 0.416 e. The predicted octanol–water partition coefficient (Wildman–Crippen LogP) is 2.67. The van der Waals surface area contributed by atoms with Crippen LogP contribution in [0.2, 0.25) is 5.02 Å². The number of hydrogen-bond donors (Lipinski definition) is 2. The zero-order valence-electron chi connectivity index (χ0n) is 11.0. The molecule has 0 saturated heterocycles. The third kappa shape index (κ3) is 5.99. The molecule has 0 heterocycles. The van der Waals surface area contributed by atoms with Crippen molar-refractivity contribution in [2.45, 2.75) is 17.5 Å². The summed E-state index contributed by atoms with van der Waals surface area (Å²) in [5.41, 5.74) is -0.989. The Labute approximate surface area is 132 Å². The van der Waals surface area contributed by atoms with Crippen molar-refractivity contribution < 1.29 is 21.6 Å². The van der Waals surface area contributed by atoms with Gasteiger partial charge in [0.05, 0.1) is 10.6 Å². The van der Waals surface area contributed by atoms with Gasteiger partial charge in [0.15, 0.2) is 0 Å². The van der Waals surface area contributed by atoms with Crippen molar-refractivity contribution in [3.8, 4) is 0 Å². The molecular formula is C11H15Cl2F3N2O2S. The van der Waals surface area contributed by atoms with Crippen LogP contribution in [0.3, 0.4) is 0 Å². The van der Waals surface area contributed by atoms with E-state index in [1.54, 1.807) is 7.05 Å². The highest BCUT2D eigenvalue weighted by Crippen LogP contribution is 2.33. The van der Waals surface area contributed by atoms with E-state index in [9.17, 15) is 21.6 Å². The van der Waals surface area contributed by atoms with Crippen LogP contribution >= 0.6 is 24.0 Å². The number of sulfonamides is 1. The van der Waals surface area contributed by atoms with Gasteiger partial charge in [0, 0.05) is 6.54 Å². The van der Waals surface area contributed by atoms with E-state index in [1.165, 1.54) is 0 Å². The van der Waals surface area contributed by atoms with Gasteiger partial charge in [0.2, 0.25) is 10.0 Å². The first kappa shape index (κ1) is 20.5. The highest BCUT2D eigenvalue weighted by molar-refractivity contribution is 7.89. The Balaban J connectivity index is 0.00000400. The molecule has 0 aliphatic carbocycles. The topological polar surface area (TPSA) is 58.2 Å². The molecule has 0 aliphatic heterocycles. The van der Waals surface area contributed by atoms with Crippen molar-refractivity contribution in [1.82, 2.24) is 10.0 Å². The quantitative estimate of drug-likeness (QED) is 0.761. The zero-order valence-corrected chi connectivity index (χ0v) is 13.4. The number of halogens is 5. The van der Waals surface area contributed by atoms with Gasteiger partial charge in [0.25, 0.3) is 0 Å². The highest BCUT2D eigenvalue weighted by atomic mass is 35.5. The third-order valence-corrected chi connectivity index (χ3v) is 4.39. The Kier molecular flexibility index (Phi) is 7.98. The monoisotopic (exact) mass is 366 g/mol. The smallest absolute Gasteiger partial charge is 0.320 e. The molecule has 0 aliphatic rings. The van der Waals surface area contributed by atoms with Gasteiger partial charge < -0.3 is 5.32 Å². The first-order valence-electron chi connectivity index (χ1n) is 5.69. The largest absolute Gasteiger partial charge is 0.416 e. The molecular weight excluding hydrogens is 352 g/mol. The summed E-state index contributed by atoms with van der Waals surface area (Å²) in [6.07, 6.45) is -4.01. The van der Waals surface area contributed by atoms with E-state index in [2.05, 4.69) is 10.0 Å². The molecule has 0 radical (unpaired) electrons. The fraction of sp³-hybridized carbons (Fsp3) is 0.455. The molecule has 0 spiro atoms. The molecule has 1 aromatic carbocycles. The summed E-state index contributed by atoms with van der Waals surface area (Å²) in [6.45, 7) is 0.782. The summed E-state index contributed by atoms with van der Waals surface area (Å²) in [5.74, 6) is 0. The van der Waals surface area contributed by atoms with E-state index in [4.69, 9.17) is 11.6 Å². The maximum absolute atomic E-state index is 12.5. The van der Waals surface area contributed by atoms with Crippen LogP contribution in [-0.2, 0) is 16.2 Å². The molecule has 122 valence electrons. The van der Waals surface area contributed by atoms with Gasteiger partial charge in [-0.15, -0.1) is 12.4 Å². The lowest BCUT2D eigenvalue weighted by atomic mass is 10.2. The van der Waals surface area contributed by atoms with E-state index < -0.39 is 26.8 Å². The molecule has 0 amide bonds. The minimum atomic E-state index is -4.56. The van der Waals surface area contributed by atoms with E-state index in [1.807, 2.05) is 0 Å². The molecule has 0 aromatic heterocycles. The summed E-state index contributed by atoms with van der Waals surface area (Å²) in [4.78, 5) is -0.364. The maximum atomic E-state index is 12.5. The standard InChI is InChI=1S/C11H14ClF3N2O2S.ClH/c1-16-5-2-6-17-20(18,19)10-4-3-8(7-9(10)12)11(13,14)15;/h3-4,7,16-17H,2,5-6H2,1H3;1H. The number of benzene rings is 1. The Morgan fingerprint density at radius 3 is 2.33 bits per heavy atom. The van der Waals surface area contributed by atoms with Crippen molar-refractivity contribution in [2.24, 2.45) is 0 Å². The molecule has 1 rings (SSSR count). The van der Waals surface area contributed by atoms with Gasteiger partial charge in [0.1, 0.15) is 4.90 Å². The first-order chi connectivity index (χ1) is 9.18. The van der Waals surface area contributed by atoms with Crippen LogP contribution in [0.4, 0.5) is 13.2 Å². The average Bonchev–Trinajstić information content (AvgIpc) is 2.33. The second-order valence-corrected chi connectivity index (χ2v) is 6.14. The fourth-order valence-electron chi connectivity index (χ4n) is 1.44. The molecule has 21 heavy (non-hydrogen) atoms. The van der Waals surface area contributed by atoms with Crippen molar-refractivity contribution in [1.29, 1.82) is 0 Å². The second kappa shape index (κ2) is 8.19. The SMILES string of the molecule is CNCCCNS(=O)(=O)c1ccc(C(F)(F)F)cc1Cl.Cl. The number of nitrogens with one attached hydrogen (secondary N) is 2. The van der Waals surface area contributed by atoms with Gasteiger partial charge in [-0.1, -0.05) is 11.6 Å². The Morgan fingerprint density at radius 2 is 1.86 bits per heavy atom. The lowest BCUT2D eigenvalue weighted by molar-refractivity contribution is -0.137. The van der Waals surface area contributed by atoms with Crippen molar-refractivity contribution in [2.75, 3.05) is 20.1 Å². The van der Waals surface area contributed by atoms with Crippen LogP contribution in [0.1, 0.15) is 12.0 Å². The Morgan fingerprint density at radius 1 is 1.24 bits per heavy atom. The molecule has 2 N–H and O–H groups in total. The highest BCUT2D eigenvalue weighted by Gasteiger charge is 2.32. The second-order valence-electron chi connectivity index (χ2n) is 4.00. The van der Waals surface area contributed by atoms with Crippen molar-refractivity contribution >= 4 is 34.0 Å². The number of alkyl halides is 3. The van der Waals surface area contributed by atoms with Crippen molar-refractivity contribution in [3.05, 3.63) is 28.8 Å². The van der Waals surface area contributed by atoms with Crippen LogP contribution < -0.4 is 10.0 Å². The lowest BCUT2D eigenvalue weighted by Crippen LogP contribution is -2.27. The summed E-state index contributed by atoms with van der Waals surface area (Å²) in [5, 5.41) is 2.39. The van der Waals surface area contributed by atoms with Crippen LogP contribution in [0, 0.1) is 0 Å². The normalized spacial score (nSPS) is 12.0. The first-order valence-corrected chi connectivity index (χ1v) is 7.55. The molecule has 0 fully saturated rings. The molecule has 0 atom stereocenters. The minimum absolute atomic E-state index is 0. The van der Waals surface area contributed by atoms with Crippen LogP contribution in [-0.4, -0.2) is 28.6 Å². The van der Waals surface area contributed by atoms with Gasteiger partial charge in [-0.3, -0.25) is 0 Å². The van der Waals surface area contributed by atoms with Crippen LogP contribution in [0.5, 0.6) is 0 Å². The number of rotatable bonds is 6. The lowest BCUT2D eigenvalue weighted by Gasteiger charge is -2.11. The average molecular weight is 367 g/mol.